The molecule has 0 aliphatic carbocycles. The zero-order chi connectivity index (χ0) is 22.0. The molecular weight excluding hydrogens is 418 g/mol. The molecule has 4 aromatic rings. The Hall–Kier alpha value is -3.85. The van der Waals surface area contributed by atoms with Crippen molar-refractivity contribution in [1.29, 1.82) is 0 Å². The first-order valence-corrected chi connectivity index (χ1v) is 10.3. The van der Waals surface area contributed by atoms with Crippen LogP contribution in [0.15, 0.2) is 53.9 Å². The number of aromatic hydroxyl groups is 2. The number of amides is 1. The molecule has 1 atom stereocenters. The molecule has 31 heavy (non-hydrogen) atoms. The van der Waals surface area contributed by atoms with Gasteiger partial charge < -0.3 is 25.3 Å². The fourth-order valence-corrected chi connectivity index (χ4v) is 3.90. The maximum absolute atomic E-state index is 13.0. The summed E-state index contributed by atoms with van der Waals surface area (Å²) < 4.78 is 4.84. The van der Waals surface area contributed by atoms with Crippen LogP contribution in [0.1, 0.15) is 15.9 Å². The van der Waals surface area contributed by atoms with Crippen molar-refractivity contribution in [3.05, 3.63) is 65.0 Å². The summed E-state index contributed by atoms with van der Waals surface area (Å²) in [6.07, 6.45) is 0.181. The van der Waals surface area contributed by atoms with E-state index in [1.165, 1.54) is 42.7 Å². The van der Waals surface area contributed by atoms with Crippen molar-refractivity contribution < 1.29 is 24.5 Å². The molecule has 4 rings (SSSR count). The topological polar surface area (TPSA) is 125 Å². The van der Waals surface area contributed by atoms with Crippen LogP contribution in [-0.4, -0.2) is 45.2 Å². The van der Waals surface area contributed by atoms with E-state index in [0.717, 1.165) is 10.4 Å². The Morgan fingerprint density at radius 1 is 1.16 bits per heavy atom. The first-order chi connectivity index (χ1) is 15.0. The standard InChI is InChI=1S/C22H19N3O5S/c1-30-22(29)15(11-12-4-6-13(26)7-5-12)23-21(28)14-8-9-16(27)19-18(14)24-20(25-19)17-3-2-10-31-17/h2-10,15,26-27H,11H2,1H3,(H,23,28)(H,24,25). The Morgan fingerprint density at radius 3 is 2.61 bits per heavy atom. The Bertz CT molecular complexity index is 1230. The smallest absolute Gasteiger partial charge is 0.328 e. The molecule has 0 aliphatic rings. The lowest BCUT2D eigenvalue weighted by molar-refractivity contribution is -0.142. The van der Waals surface area contributed by atoms with E-state index >= 15 is 0 Å². The summed E-state index contributed by atoms with van der Waals surface area (Å²) in [7, 11) is 1.25. The van der Waals surface area contributed by atoms with Crippen molar-refractivity contribution in [2.75, 3.05) is 7.11 Å². The third-order valence-corrected chi connectivity index (χ3v) is 5.67. The number of hydrogen-bond donors (Lipinski definition) is 4. The van der Waals surface area contributed by atoms with E-state index < -0.39 is 17.9 Å². The molecule has 158 valence electrons. The van der Waals surface area contributed by atoms with Crippen LogP contribution in [0.5, 0.6) is 11.5 Å². The van der Waals surface area contributed by atoms with E-state index in [-0.39, 0.29) is 23.5 Å². The molecule has 0 saturated carbocycles. The van der Waals surface area contributed by atoms with Crippen molar-refractivity contribution >= 4 is 34.2 Å². The number of thiophene rings is 1. The van der Waals surface area contributed by atoms with E-state index in [0.29, 0.717) is 16.9 Å². The molecule has 9 heteroatoms. The van der Waals surface area contributed by atoms with Gasteiger partial charge in [-0.05, 0) is 41.3 Å². The van der Waals surface area contributed by atoms with Gasteiger partial charge in [0.05, 0.1) is 17.6 Å². The number of carbonyl (C=O) groups excluding carboxylic acids is 2. The zero-order valence-corrected chi connectivity index (χ0v) is 17.3. The second kappa shape index (κ2) is 8.49. The average molecular weight is 437 g/mol. The highest BCUT2D eigenvalue weighted by molar-refractivity contribution is 7.13. The summed E-state index contributed by atoms with van der Waals surface area (Å²) in [5, 5.41) is 24.3. The predicted octanol–water partition coefficient (Wildman–Crippen LogP) is 3.22. The number of carbonyl (C=O) groups is 2. The maximum atomic E-state index is 13.0. The number of fused-ring (bicyclic) bond motifs is 1. The highest BCUT2D eigenvalue weighted by atomic mass is 32.1. The number of imidazole rings is 1. The van der Waals surface area contributed by atoms with E-state index in [1.54, 1.807) is 12.1 Å². The van der Waals surface area contributed by atoms with Gasteiger partial charge in [-0.1, -0.05) is 18.2 Å². The predicted molar refractivity (Wildman–Crippen MR) is 116 cm³/mol. The van der Waals surface area contributed by atoms with E-state index in [9.17, 15) is 19.8 Å². The van der Waals surface area contributed by atoms with Crippen LogP contribution in [-0.2, 0) is 16.0 Å². The number of ether oxygens (including phenoxy) is 1. The number of aromatic amines is 1. The number of benzene rings is 2. The third kappa shape index (κ3) is 4.22. The van der Waals surface area contributed by atoms with Crippen LogP contribution < -0.4 is 5.32 Å². The number of hydrogen-bond acceptors (Lipinski definition) is 7. The van der Waals surface area contributed by atoms with Gasteiger partial charge >= 0.3 is 5.97 Å². The van der Waals surface area contributed by atoms with Gasteiger partial charge in [0.25, 0.3) is 5.91 Å². The van der Waals surface area contributed by atoms with Gasteiger partial charge in [-0.3, -0.25) is 4.79 Å². The molecule has 1 amide bonds. The number of phenols is 2. The molecule has 1 unspecified atom stereocenters. The van der Waals surface area contributed by atoms with E-state index in [1.807, 2.05) is 17.5 Å². The maximum Gasteiger partial charge on any atom is 0.328 e. The molecular formula is C22H19N3O5S. The fraction of sp³-hybridized carbons (Fsp3) is 0.136. The van der Waals surface area contributed by atoms with Gasteiger partial charge in [-0.15, -0.1) is 11.3 Å². The van der Waals surface area contributed by atoms with Gasteiger partial charge in [0, 0.05) is 6.42 Å². The largest absolute Gasteiger partial charge is 0.508 e. The van der Waals surface area contributed by atoms with Crippen LogP contribution in [0.25, 0.3) is 21.7 Å². The Balaban J connectivity index is 1.64. The number of rotatable bonds is 6. The number of H-pyrrole nitrogens is 1. The summed E-state index contributed by atoms with van der Waals surface area (Å²) in [4.78, 5) is 33.7. The van der Waals surface area contributed by atoms with Crippen LogP contribution in [0.4, 0.5) is 0 Å². The number of aromatic nitrogens is 2. The van der Waals surface area contributed by atoms with Crippen LogP contribution in [0, 0.1) is 0 Å². The quantitative estimate of drug-likeness (QED) is 0.343. The zero-order valence-electron chi connectivity index (χ0n) is 16.5. The molecule has 0 radical (unpaired) electrons. The van der Waals surface area contributed by atoms with Gasteiger partial charge in [0.1, 0.15) is 34.4 Å². The molecule has 2 heterocycles. The minimum atomic E-state index is -0.943. The third-order valence-electron chi connectivity index (χ3n) is 4.79. The van der Waals surface area contributed by atoms with Crippen molar-refractivity contribution in [2.45, 2.75) is 12.5 Å². The molecule has 0 saturated heterocycles. The number of nitrogens with zero attached hydrogens (tertiary/aromatic N) is 1. The molecule has 2 aromatic carbocycles. The lowest BCUT2D eigenvalue weighted by Gasteiger charge is -2.17. The van der Waals surface area contributed by atoms with Gasteiger partial charge in [-0.2, -0.15) is 0 Å². The average Bonchev–Trinajstić information content (AvgIpc) is 3.44. The molecule has 0 fully saturated rings. The molecule has 0 bridgehead atoms. The fourth-order valence-electron chi connectivity index (χ4n) is 3.23. The van der Waals surface area contributed by atoms with Crippen LogP contribution >= 0.6 is 11.3 Å². The Kier molecular flexibility index (Phi) is 5.59. The van der Waals surface area contributed by atoms with Gasteiger partial charge in [0.15, 0.2) is 0 Å². The molecule has 0 aliphatic heterocycles. The molecule has 0 spiro atoms. The second-order valence-corrected chi connectivity index (χ2v) is 7.79. The number of phenolic OH excluding ortho intramolecular Hbond substituents is 2. The summed E-state index contributed by atoms with van der Waals surface area (Å²) in [5.74, 6) is -0.514. The SMILES string of the molecule is COC(=O)C(Cc1ccc(O)cc1)NC(=O)c1ccc(O)c2[nH]c(-c3cccs3)nc12. The molecule has 4 N–H and O–H groups in total. The first kappa shape index (κ1) is 20.4. The highest BCUT2D eigenvalue weighted by Crippen LogP contribution is 2.31. The minimum absolute atomic E-state index is 0.0320. The number of nitrogens with one attached hydrogen (secondary N) is 2. The van der Waals surface area contributed by atoms with Crippen molar-refractivity contribution in [1.82, 2.24) is 15.3 Å². The number of esters is 1. The Labute approximate surface area is 181 Å². The summed E-state index contributed by atoms with van der Waals surface area (Å²) >= 11 is 1.48. The monoisotopic (exact) mass is 437 g/mol. The summed E-state index contributed by atoms with van der Waals surface area (Å²) in [6, 6.07) is 12.0. The van der Waals surface area contributed by atoms with Gasteiger partial charge in [-0.25, -0.2) is 9.78 Å². The first-order valence-electron chi connectivity index (χ1n) is 9.38. The van der Waals surface area contributed by atoms with Crippen LogP contribution in [0.2, 0.25) is 0 Å². The molecule has 2 aromatic heterocycles. The normalized spacial score (nSPS) is 11.9. The van der Waals surface area contributed by atoms with Crippen LogP contribution in [0.3, 0.4) is 0 Å². The highest BCUT2D eigenvalue weighted by Gasteiger charge is 2.25. The van der Waals surface area contributed by atoms with Gasteiger partial charge in [0.2, 0.25) is 0 Å². The minimum Gasteiger partial charge on any atom is -0.508 e. The molecule has 8 nitrogen and oxygen atoms in total. The van der Waals surface area contributed by atoms with Crippen molar-refractivity contribution in [3.8, 4) is 22.2 Å². The van der Waals surface area contributed by atoms with E-state index in [2.05, 4.69) is 15.3 Å². The number of methoxy groups -OCH3 is 1. The lowest BCUT2D eigenvalue weighted by Crippen LogP contribution is -2.43. The van der Waals surface area contributed by atoms with E-state index in [4.69, 9.17) is 4.74 Å². The summed E-state index contributed by atoms with van der Waals surface area (Å²) in [6.45, 7) is 0. The second-order valence-electron chi connectivity index (χ2n) is 6.84. The Morgan fingerprint density at radius 2 is 1.94 bits per heavy atom. The van der Waals surface area contributed by atoms with Crippen molar-refractivity contribution in [3.63, 3.8) is 0 Å². The summed E-state index contributed by atoms with van der Waals surface area (Å²) in [5.41, 5.74) is 1.59. The van der Waals surface area contributed by atoms with Crippen molar-refractivity contribution in [2.24, 2.45) is 0 Å². The lowest BCUT2D eigenvalue weighted by atomic mass is 10.0.